The topological polar surface area (TPSA) is 41.1 Å². The van der Waals surface area contributed by atoms with Crippen LogP contribution >= 0.6 is 0 Å². The number of rotatable bonds is 4. The number of benzene rings is 1. The van der Waals surface area contributed by atoms with E-state index >= 15 is 0 Å². The van der Waals surface area contributed by atoms with Gasteiger partial charge in [-0.2, -0.15) is 0 Å². The lowest BCUT2D eigenvalue weighted by molar-refractivity contribution is -0.115. The van der Waals surface area contributed by atoms with Crippen LogP contribution in [0.3, 0.4) is 0 Å². The summed E-state index contributed by atoms with van der Waals surface area (Å²) < 4.78 is 26.4. The first-order valence-corrected chi connectivity index (χ1v) is 5.55. The Morgan fingerprint density at radius 3 is 2.53 bits per heavy atom. The molecule has 1 aromatic rings. The van der Waals surface area contributed by atoms with E-state index in [0.717, 1.165) is 18.6 Å². The zero-order valence-corrected chi connectivity index (χ0v) is 9.47. The molecule has 1 saturated carbocycles. The predicted molar refractivity (Wildman–Crippen MR) is 60.6 cm³/mol. The molecule has 0 bridgehead atoms. The van der Waals surface area contributed by atoms with Crippen molar-refractivity contribution in [2.45, 2.75) is 19.4 Å². The SMILES string of the molecule is CC1CC1NCC(=O)Nc1c(F)cccc1F. The fourth-order valence-corrected chi connectivity index (χ4v) is 1.63. The van der Waals surface area contributed by atoms with Crippen LogP contribution in [-0.2, 0) is 4.79 Å². The van der Waals surface area contributed by atoms with Crippen LogP contribution in [0.25, 0.3) is 0 Å². The van der Waals surface area contributed by atoms with Gasteiger partial charge in [0.1, 0.15) is 17.3 Å². The first kappa shape index (κ1) is 12.0. The Bertz CT molecular complexity index is 416. The number of halogens is 2. The third kappa shape index (κ3) is 3.00. The average Bonchev–Trinajstić information content (AvgIpc) is 2.97. The number of nitrogens with one attached hydrogen (secondary N) is 2. The summed E-state index contributed by atoms with van der Waals surface area (Å²) in [5.74, 6) is -1.39. The summed E-state index contributed by atoms with van der Waals surface area (Å²) in [5, 5.41) is 5.23. The number of carbonyl (C=O) groups is 1. The maximum Gasteiger partial charge on any atom is 0.238 e. The van der Waals surface area contributed by atoms with E-state index in [4.69, 9.17) is 0 Å². The molecule has 1 aromatic carbocycles. The summed E-state index contributed by atoms with van der Waals surface area (Å²) in [6.07, 6.45) is 1.04. The summed E-state index contributed by atoms with van der Waals surface area (Å²) in [4.78, 5) is 11.4. The second-order valence-electron chi connectivity index (χ2n) is 4.35. The fraction of sp³-hybridized carbons (Fsp3) is 0.417. The van der Waals surface area contributed by atoms with Gasteiger partial charge in [0, 0.05) is 6.04 Å². The van der Waals surface area contributed by atoms with Crippen molar-refractivity contribution in [3.05, 3.63) is 29.8 Å². The van der Waals surface area contributed by atoms with E-state index in [9.17, 15) is 13.6 Å². The van der Waals surface area contributed by atoms with Gasteiger partial charge in [0.2, 0.25) is 5.91 Å². The molecular formula is C12H14F2N2O. The predicted octanol–water partition coefficient (Wildman–Crippen LogP) is 1.90. The molecule has 1 amide bonds. The molecule has 1 fully saturated rings. The Morgan fingerprint density at radius 1 is 1.41 bits per heavy atom. The highest BCUT2D eigenvalue weighted by Gasteiger charge is 2.32. The van der Waals surface area contributed by atoms with E-state index in [0.29, 0.717) is 12.0 Å². The van der Waals surface area contributed by atoms with Gasteiger partial charge < -0.3 is 10.6 Å². The molecule has 2 N–H and O–H groups in total. The highest BCUT2D eigenvalue weighted by molar-refractivity contribution is 5.92. The van der Waals surface area contributed by atoms with E-state index in [1.165, 1.54) is 6.07 Å². The second kappa shape index (κ2) is 4.79. The van der Waals surface area contributed by atoms with Gasteiger partial charge in [-0.1, -0.05) is 13.0 Å². The van der Waals surface area contributed by atoms with Crippen molar-refractivity contribution < 1.29 is 13.6 Å². The van der Waals surface area contributed by atoms with Crippen LogP contribution in [0.2, 0.25) is 0 Å². The van der Waals surface area contributed by atoms with Gasteiger partial charge in [0.05, 0.1) is 6.54 Å². The van der Waals surface area contributed by atoms with Crippen LogP contribution in [0.4, 0.5) is 14.5 Å². The van der Waals surface area contributed by atoms with Gasteiger partial charge in [0.15, 0.2) is 0 Å². The van der Waals surface area contributed by atoms with Gasteiger partial charge in [-0.05, 0) is 24.5 Å². The summed E-state index contributed by atoms with van der Waals surface area (Å²) in [6.45, 7) is 2.15. The Balaban J connectivity index is 1.89. The lowest BCUT2D eigenvalue weighted by Gasteiger charge is -2.08. The van der Waals surface area contributed by atoms with Crippen LogP contribution < -0.4 is 10.6 Å². The summed E-state index contributed by atoms with van der Waals surface area (Å²) in [7, 11) is 0. The van der Waals surface area contributed by atoms with Gasteiger partial charge >= 0.3 is 0 Å². The van der Waals surface area contributed by atoms with Crippen molar-refractivity contribution in [3.63, 3.8) is 0 Å². The van der Waals surface area contributed by atoms with Crippen LogP contribution in [0.1, 0.15) is 13.3 Å². The van der Waals surface area contributed by atoms with Crippen molar-refractivity contribution in [1.82, 2.24) is 5.32 Å². The molecule has 2 rings (SSSR count). The van der Waals surface area contributed by atoms with Crippen LogP contribution in [-0.4, -0.2) is 18.5 Å². The Labute approximate surface area is 98.2 Å². The summed E-state index contributed by atoms with van der Waals surface area (Å²) in [5.41, 5.74) is -0.386. The lowest BCUT2D eigenvalue weighted by Crippen LogP contribution is -2.30. The minimum atomic E-state index is -0.766. The molecule has 92 valence electrons. The summed E-state index contributed by atoms with van der Waals surface area (Å²) in [6, 6.07) is 3.82. The van der Waals surface area contributed by atoms with Crippen molar-refractivity contribution >= 4 is 11.6 Å². The van der Waals surface area contributed by atoms with Crippen LogP contribution in [0.5, 0.6) is 0 Å². The molecule has 1 aliphatic carbocycles. The first-order valence-electron chi connectivity index (χ1n) is 5.55. The third-order valence-electron chi connectivity index (χ3n) is 2.86. The van der Waals surface area contributed by atoms with Crippen molar-refractivity contribution in [3.8, 4) is 0 Å². The van der Waals surface area contributed by atoms with Gasteiger partial charge in [-0.25, -0.2) is 8.78 Å². The number of hydrogen-bond acceptors (Lipinski definition) is 2. The smallest absolute Gasteiger partial charge is 0.238 e. The maximum atomic E-state index is 13.2. The van der Waals surface area contributed by atoms with Gasteiger partial charge in [0.25, 0.3) is 0 Å². The molecule has 2 atom stereocenters. The van der Waals surface area contributed by atoms with E-state index in [2.05, 4.69) is 17.6 Å². The molecule has 0 radical (unpaired) electrons. The van der Waals surface area contributed by atoms with E-state index in [1.807, 2.05) is 0 Å². The minimum Gasteiger partial charge on any atom is -0.320 e. The molecule has 0 saturated heterocycles. The third-order valence-corrected chi connectivity index (χ3v) is 2.86. The molecule has 5 heteroatoms. The highest BCUT2D eigenvalue weighted by atomic mass is 19.1. The molecule has 3 nitrogen and oxygen atoms in total. The number of hydrogen-bond donors (Lipinski definition) is 2. The molecule has 0 aromatic heterocycles. The highest BCUT2D eigenvalue weighted by Crippen LogP contribution is 2.28. The molecule has 0 heterocycles. The largest absolute Gasteiger partial charge is 0.320 e. The van der Waals surface area contributed by atoms with Gasteiger partial charge in [-0.15, -0.1) is 0 Å². The van der Waals surface area contributed by atoms with E-state index in [-0.39, 0.29) is 12.2 Å². The Hall–Kier alpha value is -1.49. The molecule has 17 heavy (non-hydrogen) atoms. The normalized spacial score (nSPS) is 22.3. The lowest BCUT2D eigenvalue weighted by atomic mass is 10.3. The Morgan fingerprint density at radius 2 is 2.00 bits per heavy atom. The zero-order valence-electron chi connectivity index (χ0n) is 9.47. The van der Waals surface area contributed by atoms with Crippen LogP contribution in [0.15, 0.2) is 18.2 Å². The standard InChI is InChI=1S/C12H14F2N2O/c1-7-5-10(7)15-6-11(17)16-12-8(13)3-2-4-9(12)14/h2-4,7,10,15H,5-6H2,1H3,(H,16,17). The fourth-order valence-electron chi connectivity index (χ4n) is 1.63. The van der Waals surface area contributed by atoms with Crippen LogP contribution in [0, 0.1) is 17.6 Å². The summed E-state index contributed by atoms with van der Waals surface area (Å²) >= 11 is 0. The molecule has 2 unspecified atom stereocenters. The molecule has 0 aliphatic heterocycles. The Kier molecular flexibility index (Phi) is 3.38. The second-order valence-corrected chi connectivity index (χ2v) is 4.35. The number of carbonyl (C=O) groups excluding carboxylic acids is 1. The van der Waals surface area contributed by atoms with E-state index in [1.54, 1.807) is 0 Å². The maximum absolute atomic E-state index is 13.2. The molecular weight excluding hydrogens is 226 g/mol. The first-order chi connectivity index (χ1) is 8.08. The zero-order chi connectivity index (χ0) is 12.4. The number of para-hydroxylation sites is 1. The van der Waals surface area contributed by atoms with E-state index < -0.39 is 17.5 Å². The average molecular weight is 240 g/mol. The minimum absolute atomic E-state index is 0.0722. The van der Waals surface area contributed by atoms with Crippen molar-refractivity contribution in [2.24, 2.45) is 5.92 Å². The monoisotopic (exact) mass is 240 g/mol. The number of amides is 1. The molecule has 0 spiro atoms. The van der Waals surface area contributed by atoms with Crippen molar-refractivity contribution in [1.29, 1.82) is 0 Å². The molecule has 1 aliphatic rings. The van der Waals surface area contributed by atoms with Crippen molar-refractivity contribution in [2.75, 3.05) is 11.9 Å². The number of anilines is 1. The quantitative estimate of drug-likeness (QED) is 0.844. The van der Waals surface area contributed by atoms with Gasteiger partial charge in [-0.3, -0.25) is 4.79 Å².